The van der Waals surface area contributed by atoms with Crippen molar-refractivity contribution in [1.82, 2.24) is 0 Å². The van der Waals surface area contributed by atoms with Crippen LogP contribution in [0.5, 0.6) is 0 Å². The van der Waals surface area contributed by atoms with Crippen molar-refractivity contribution in [2.75, 3.05) is 39.6 Å². The van der Waals surface area contributed by atoms with Crippen LogP contribution < -0.4 is 0 Å². The van der Waals surface area contributed by atoms with E-state index in [2.05, 4.69) is 101 Å². The summed E-state index contributed by atoms with van der Waals surface area (Å²) in [6, 6.07) is 0. The minimum atomic E-state index is -4.97. The third kappa shape index (κ3) is 67.1. The Morgan fingerprint density at radius 2 is 0.574 bits per heavy atom. The Morgan fingerprint density at radius 1 is 0.309 bits per heavy atom. The summed E-state index contributed by atoms with van der Waals surface area (Å²) in [7, 11) is -9.94. The molecule has 0 radical (unpaired) electrons. The largest absolute Gasteiger partial charge is 0.472 e. The van der Waals surface area contributed by atoms with Crippen molar-refractivity contribution in [3.8, 4) is 0 Å². The van der Waals surface area contributed by atoms with Crippen LogP contribution in [0.4, 0.5) is 0 Å². The number of esters is 4. The summed E-state index contributed by atoms with van der Waals surface area (Å²) in [6.45, 7) is 4.67. The Kier molecular flexibility index (Phi) is 65.5. The molecule has 0 aromatic heterocycles. The molecular formula is C75H134O17P2. The highest BCUT2D eigenvalue weighted by atomic mass is 31.2. The van der Waals surface area contributed by atoms with Crippen molar-refractivity contribution in [2.45, 2.75) is 341 Å². The fourth-order valence-corrected chi connectivity index (χ4v) is 11.6. The summed E-state index contributed by atoms with van der Waals surface area (Å²) in [6.07, 6.45) is 66.1. The van der Waals surface area contributed by atoms with Gasteiger partial charge in [-0.05, 0) is 109 Å². The van der Waals surface area contributed by atoms with Crippen LogP contribution in [0.25, 0.3) is 0 Å². The number of aliphatic hydroxyl groups is 1. The van der Waals surface area contributed by atoms with Gasteiger partial charge in [0.05, 0.1) is 26.4 Å². The standard InChI is InChI=1S/C75H134O17P2/c1-5-9-13-17-21-25-29-33-34-38-40-44-48-52-56-60-73(78)86-66-71(92-75(80)62-58-54-50-46-42-37-32-28-24-20-16-12-8-4)68-90-94(83,84)88-64-69(76)63-87-93(81,82)89-67-70(91-74(79)61-57-53-49-45-41-36-31-27-23-19-15-11-7-3)65-85-72(77)59-55-51-47-43-39-35-30-26-22-18-14-10-6-2/h9,13-14,18,21,25-26,28,30,32-34,69-71,76H,5-8,10-12,15-17,19-20,22-24,27,29,31,35-68H2,1-4H3,(H,81,82)(H,83,84)/b13-9-,18-14-,25-21-,30-26-,32-28-,34-33-. The molecule has 0 aliphatic heterocycles. The Balaban J connectivity index is 5.34. The fourth-order valence-electron chi connectivity index (χ4n) is 9.97. The van der Waals surface area contributed by atoms with Crippen LogP contribution in [0.1, 0.15) is 323 Å². The summed E-state index contributed by atoms with van der Waals surface area (Å²) in [5.41, 5.74) is 0. The number of phosphoric acid groups is 2. The van der Waals surface area contributed by atoms with Gasteiger partial charge in [0.15, 0.2) is 12.2 Å². The van der Waals surface area contributed by atoms with E-state index in [1.165, 1.54) is 77.0 Å². The number of unbranched alkanes of at least 4 members (excludes halogenated alkanes) is 32. The molecule has 0 bridgehead atoms. The molecule has 5 unspecified atom stereocenters. The lowest BCUT2D eigenvalue weighted by molar-refractivity contribution is -0.161. The molecule has 0 amide bonds. The van der Waals surface area contributed by atoms with E-state index in [0.717, 1.165) is 167 Å². The summed E-state index contributed by atoms with van der Waals surface area (Å²) in [4.78, 5) is 72.7. The van der Waals surface area contributed by atoms with Crippen LogP contribution in [-0.2, 0) is 65.4 Å². The number of phosphoric ester groups is 2. The zero-order chi connectivity index (χ0) is 69.0. The van der Waals surface area contributed by atoms with Gasteiger partial charge in [-0.2, -0.15) is 0 Å². The van der Waals surface area contributed by atoms with E-state index >= 15 is 0 Å². The molecule has 17 nitrogen and oxygen atoms in total. The van der Waals surface area contributed by atoms with Crippen molar-refractivity contribution < 1.29 is 80.2 Å². The third-order valence-electron chi connectivity index (χ3n) is 15.6. The molecule has 5 atom stereocenters. The number of hydrogen-bond acceptors (Lipinski definition) is 15. The predicted octanol–water partition coefficient (Wildman–Crippen LogP) is 20.9. The summed E-state index contributed by atoms with van der Waals surface area (Å²) in [5.74, 6) is -2.20. The molecule has 0 saturated heterocycles. The maximum atomic E-state index is 13.0. The Labute approximate surface area is 571 Å². The van der Waals surface area contributed by atoms with Crippen LogP contribution in [0.15, 0.2) is 72.9 Å². The Bertz CT molecular complexity index is 2070. The van der Waals surface area contributed by atoms with E-state index in [-0.39, 0.29) is 25.7 Å². The first-order chi connectivity index (χ1) is 45.7. The average Bonchev–Trinajstić information content (AvgIpc) is 1.67. The SMILES string of the molecule is CC/C=C\C/C=C\C/C=C\CCCCCCCC(=O)OCC(COP(=O)(O)OCC(O)COP(=O)(O)OCC(COC(=O)CCCCCCC/C=C\C/C=C\CCC)OC(=O)CCCCCCCCCCCCCCC)OC(=O)CCCCCCC/C=C\CCCCCC. The number of aliphatic hydroxyl groups excluding tert-OH is 1. The maximum Gasteiger partial charge on any atom is 0.472 e. The first-order valence-electron chi connectivity index (χ1n) is 37.2. The predicted molar refractivity (Wildman–Crippen MR) is 381 cm³/mol. The average molecular weight is 1370 g/mol. The van der Waals surface area contributed by atoms with Crippen LogP contribution in [-0.4, -0.2) is 96.7 Å². The molecule has 0 heterocycles. The Hall–Kier alpha value is -3.50. The lowest BCUT2D eigenvalue weighted by Crippen LogP contribution is -2.30. The lowest BCUT2D eigenvalue weighted by atomic mass is 10.0. The highest BCUT2D eigenvalue weighted by molar-refractivity contribution is 7.47. The molecule has 546 valence electrons. The quantitative estimate of drug-likeness (QED) is 0.0169. The van der Waals surface area contributed by atoms with E-state index in [0.29, 0.717) is 25.7 Å². The first kappa shape index (κ1) is 90.5. The summed E-state index contributed by atoms with van der Waals surface area (Å²) in [5, 5.41) is 10.6. The normalized spacial score (nSPS) is 14.4. The van der Waals surface area contributed by atoms with Gasteiger partial charge in [0.25, 0.3) is 0 Å². The molecule has 0 aromatic rings. The highest BCUT2D eigenvalue weighted by Gasteiger charge is 2.30. The van der Waals surface area contributed by atoms with Crippen molar-refractivity contribution in [2.24, 2.45) is 0 Å². The van der Waals surface area contributed by atoms with Gasteiger partial charge in [0, 0.05) is 25.7 Å². The topological polar surface area (TPSA) is 237 Å². The number of carbonyl (C=O) groups excluding carboxylic acids is 4. The lowest BCUT2D eigenvalue weighted by Gasteiger charge is -2.21. The van der Waals surface area contributed by atoms with E-state index in [4.69, 9.17) is 37.0 Å². The van der Waals surface area contributed by atoms with E-state index in [1.54, 1.807) is 0 Å². The van der Waals surface area contributed by atoms with E-state index in [9.17, 15) is 43.2 Å². The number of hydrogen-bond donors (Lipinski definition) is 3. The van der Waals surface area contributed by atoms with Crippen molar-refractivity contribution >= 4 is 39.5 Å². The monoisotopic (exact) mass is 1370 g/mol. The van der Waals surface area contributed by atoms with Gasteiger partial charge in [0.2, 0.25) is 0 Å². The van der Waals surface area contributed by atoms with Crippen molar-refractivity contribution in [1.29, 1.82) is 0 Å². The molecule has 0 aliphatic carbocycles. The molecule has 0 rings (SSSR count). The van der Waals surface area contributed by atoms with Crippen molar-refractivity contribution in [3.63, 3.8) is 0 Å². The zero-order valence-corrected chi connectivity index (χ0v) is 61.2. The van der Waals surface area contributed by atoms with Gasteiger partial charge in [-0.1, -0.05) is 261 Å². The maximum absolute atomic E-state index is 13.0. The van der Waals surface area contributed by atoms with Gasteiger partial charge in [0.1, 0.15) is 19.3 Å². The van der Waals surface area contributed by atoms with Crippen LogP contribution >= 0.6 is 15.6 Å². The molecule has 0 saturated carbocycles. The molecule has 3 N–H and O–H groups in total. The van der Waals surface area contributed by atoms with Gasteiger partial charge < -0.3 is 33.8 Å². The van der Waals surface area contributed by atoms with Crippen molar-refractivity contribution in [3.05, 3.63) is 72.9 Å². The van der Waals surface area contributed by atoms with E-state index in [1.807, 2.05) is 0 Å². The number of allylic oxidation sites excluding steroid dienone is 12. The minimum Gasteiger partial charge on any atom is -0.462 e. The summed E-state index contributed by atoms with van der Waals surface area (Å²) >= 11 is 0. The first-order valence-corrected chi connectivity index (χ1v) is 40.2. The number of carbonyl (C=O) groups is 4. The molecule has 0 fully saturated rings. The zero-order valence-electron chi connectivity index (χ0n) is 59.4. The molecule has 0 aromatic carbocycles. The molecule has 19 heteroatoms. The van der Waals surface area contributed by atoms with Crippen LogP contribution in [0.3, 0.4) is 0 Å². The number of ether oxygens (including phenoxy) is 4. The van der Waals surface area contributed by atoms with E-state index < -0.39 is 97.5 Å². The fraction of sp³-hybridized carbons (Fsp3) is 0.787. The third-order valence-corrected chi connectivity index (χ3v) is 17.5. The smallest absolute Gasteiger partial charge is 0.462 e. The van der Waals surface area contributed by atoms with Crippen LogP contribution in [0.2, 0.25) is 0 Å². The highest BCUT2D eigenvalue weighted by Crippen LogP contribution is 2.45. The molecule has 0 aliphatic rings. The second kappa shape index (κ2) is 68.0. The van der Waals surface area contributed by atoms with Gasteiger partial charge in [-0.3, -0.25) is 37.3 Å². The van der Waals surface area contributed by atoms with Gasteiger partial charge >= 0.3 is 39.5 Å². The van der Waals surface area contributed by atoms with Gasteiger partial charge in [-0.25, -0.2) is 9.13 Å². The molecular weight excluding hydrogens is 1230 g/mol. The molecule has 0 spiro atoms. The second-order valence-electron chi connectivity index (χ2n) is 24.9. The minimum absolute atomic E-state index is 0.0831. The van der Waals surface area contributed by atoms with Crippen LogP contribution in [0, 0.1) is 0 Å². The van der Waals surface area contributed by atoms with Gasteiger partial charge in [-0.15, -0.1) is 0 Å². The second-order valence-corrected chi connectivity index (χ2v) is 27.8. The number of rotatable bonds is 70. The Morgan fingerprint density at radius 3 is 0.915 bits per heavy atom. The summed E-state index contributed by atoms with van der Waals surface area (Å²) < 4.78 is 68.3. The molecule has 94 heavy (non-hydrogen) atoms.